The Labute approximate surface area is 178 Å². The number of thiophene rings is 1. The average Bonchev–Trinajstić information content (AvgIpc) is 3.24. The minimum atomic E-state index is 0.0570. The van der Waals surface area contributed by atoms with Crippen LogP contribution in [0.15, 0.2) is 40.8 Å². The zero-order chi connectivity index (χ0) is 20.9. The van der Waals surface area contributed by atoms with Crippen LogP contribution in [-0.2, 0) is 16.7 Å². The van der Waals surface area contributed by atoms with Crippen LogP contribution in [-0.4, -0.2) is 49.8 Å². The monoisotopic (exact) mass is 415 g/mol. The van der Waals surface area contributed by atoms with Crippen molar-refractivity contribution in [3.8, 4) is 0 Å². The molecule has 2 atom stereocenters. The molecule has 1 aliphatic rings. The Morgan fingerprint density at radius 3 is 2.59 bits per heavy atom. The minimum Gasteiger partial charge on any atom is -0.372 e. The van der Waals surface area contributed by atoms with E-state index in [9.17, 15) is 0 Å². The summed E-state index contributed by atoms with van der Waals surface area (Å²) in [5, 5.41) is 8.95. The highest BCUT2D eigenvalue weighted by Crippen LogP contribution is 2.26. The summed E-state index contributed by atoms with van der Waals surface area (Å²) in [5.74, 6) is 1.81. The predicted molar refractivity (Wildman–Crippen MR) is 122 cm³/mol. The lowest BCUT2D eigenvalue weighted by atomic mass is 9.91. The Balaban J connectivity index is 1.51. The Hall–Kier alpha value is -2.12. The van der Waals surface area contributed by atoms with Gasteiger partial charge in [0, 0.05) is 49.7 Å². The van der Waals surface area contributed by atoms with Crippen LogP contribution >= 0.6 is 11.3 Å². The van der Waals surface area contributed by atoms with E-state index >= 15 is 0 Å². The number of ether oxygens (including phenoxy) is 1. The van der Waals surface area contributed by atoms with Gasteiger partial charge in [-0.05, 0) is 36.9 Å². The summed E-state index contributed by atoms with van der Waals surface area (Å²) in [4.78, 5) is 12.7. The molecule has 2 N–H and O–H groups in total. The number of nitrogens with one attached hydrogen (secondary N) is 2. The van der Waals surface area contributed by atoms with Crippen LogP contribution in [0, 0.1) is 0 Å². The van der Waals surface area contributed by atoms with Gasteiger partial charge in [0.15, 0.2) is 5.96 Å². The van der Waals surface area contributed by atoms with Gasteiger partial charge in [0.1, 0.15) is 5.82 Å². The van der Waals surface area contributed by atoms with Gasteiger partial charge in [-0.1, -0.05) is 26.0 Å². The fraction of sp³-hybridized carbons (Fsp3) is 0.545. The van der Waals surface area contributed by atoms with Crippen LogP contribution in [0.5, 0.6) is 0 Å². The van der Waals surface area contributed by atoms with Gasteiger partial charge < -0.3 is 20.3 Å². The summed E-state index contributed by atoms with van der Waals surface area (Å²) in [6, 6.07) is 8.51. The molecule has 2 aromatic heterocycles. The molecule has 29 heavy (non-hydrogen) atoms. The molecule has 0 spiro atoms. The molecule has 2 aromatic rings. The molecule has 7 heteroatoms. The van der Waals surface area contributed by atoms with Gasteiger partial charge in [-0.25, -0.2) is 4.98 Å². The number of hydrogen-bond acceptors (Lipinski definition) is 5. The largest absolute Gasteiger partial charge is 0.372 e. The molecule has 6 nitrogen and oxygen atoms in total. The van der Waals surface area contributed by atoms with Crippen molar-refractivity contribution < 1.29 is 4.74 Å². The van der Waals surface area contributed by atoms with E-state index < -0.39 is 0 Å². The summed E-state index contributed by atoms with van der Waals surface area (Å²) in [6.07, 6.45) is 2.40. The second-order valence-electron chi connectivity index (χ2n) is 8.33. The Bertz CT molecular complexity index is 778. The minimum absolute atomic E-state index is 0.0570. The smallest absolute Gasteiger partial charge is 0.191 e. The van der Waals surface area contributed by atoms with Gasteiger partial charge in [-0.2, -0.15) is 0 Å². The van der Waals surface area contributed by atoms with Crippen molar-refractivity contribution in [3.63, 3.8) is 0 Å². The van der Waals surface area contributed by atoms with Crippen LogP contribution in [0.2, 0.25) is 0 Å². The summed E-state index contributed by atoms with van der Waals surface area (Å²) in [6.45, 7) is 12.0. The van der Waals surface area contributed by atoms with E-state index in [1.807, 2.05) is 6.20 Å². The number of anilines is 1. The number of rotatable bonds is 6. The molecular formula is C22H33N5OS. The highest BCUT2D eigenvalue weighted by atomic mass is 32.1. The number of morpholine rings is 1. The molecule has 0 saturated carbocycles. The second-order valence-corrected chi connectivity index (χ2v) is 9.28. The maximum atomic E-state index is 5.81. The van der Waals surface area contributed by atoms with E-state index in [2.05, 4.69) is 82.9 Å². The van der Waals surface area contributed by atoms with Gasteiger partial charge >= 0.3 is 0 Å². The van der Waals surface area contributed by atoms with E-state index in [1.54, 1.807) is 18.4 Å². The lowest BCUT2D eigenvalue weighted by Gasteiger charge is -2.36. The van der Waals surface area contributed by atoms with Crippen LogP contribution in [0.25, 0.3) is 0 Å². The van der Waals surface area contributed by atoms with Crippen LogP contribution in [0.3, 0.4) is 0 Å². The summed E-state index contributed by atoms with van der Waals surface area (Å²) >= 11 is 1.79. The molecule has 0 amide bonds. The predicted octanol–water partition coefficient (Wildman–Crippen LogP) is 3.40. The lowest BCUT2D eigenvalue weighted by molar-refractivity contribution is -0.00545. The molecule has 2 unspecified atom stereocenters. The summed E-state index contributed by atoms with van der Waals surface area (Å²) < 4.78 is 5.81. The fourth-order valence-corrected chi connectivity index (χ4v) is 4.39. The van der Waals surface area contributed by atoms with Gasteiger partial charge in [0.2, 0.25) is 0 Å². The molecule has 3 heterocycles. The van der Waals surface area contributed by atoms with Crippen molar-refractivity contribution in [1.29, 1.82) is 0 Å². The Morgan fingerprint density at radius 1 is 1.24 bits per heavy atom. The molecule has 1 saturated heterocycles. The molecule has 1 aliphatic heterocycles. The molecule has 3 rings (SSSR count). The van der Waals surface area contributed by atoms with Crippen molar-refractivity contribution in [1.82, 2.24) is 15.6 Å². The van der Waals surface area contributed by atoms with E-state index in [4.69, 9.17) is 4.74 Å². The highest BCUT2D eigenvalue weighted by molar-refractivity contribution is 7.10. The van der Waals surface area contributed by atoms with E-state index in [-0.39, 0.29) is 17.6 Å². The Morgan fingerprint density at radius 2 is 2.00 bits per heavy atom. The molecule has 0 radical (unpaired) electrons. The van der Waals surface area contributed by atoms with Crippen molar-refractivity contribution >= 4 is 23.1 Å². The number of pyridine rings is 1. The van der Waals surface area contributed by atoms with Crippen molar-refractivity contribution in [3.05, 3.63) is 46.3 Å². The van der Waals surface area contributed by atoms with Gasteiger partial charge in [-0.3, -0.25) is 4.99 Å². The molecule has 158 valence electrons. The summed E-state index contributed by atoms with van der Waals surface area (Å²) in [7, 11) is 1.80. The molecule has 0 bridgehead atoms. The zero-order valence-electron chi connectivity index (χ0n) is 18.1. The highest BCUT2D eigenvalue weighted by Gasteiger charge is 2.23. The average molecular weight is 416 g/mol. The number of guanidine groups is 1. The topological polar surface area (TPSA) is 61.8 Å². The van der Waals surface area contributed by atoms with Gasteiger partial charge in [0.05, 0.1) is 12.2 Å². The second kappa shape index (κ2) is 9.59. The molecule has 0 aromatic carbocycles. The first-order valence-electron chi connectivity index (χ1n) is 10.2. The first-order chi connectivity index (χ1) is 13.9. The van der Waals surface area contributed by atoms with Crippen molar-refractivity contribution in [2.75, 3.05) is 31.6 Å². The normalized spacial score (nSPS) is 20.6. The van der Waals surface area contributed by atoms with E-state index in [1.165, 1.54) is 4.88 Å². The number of aliphatic imine (C=N–C) groups is 1. The lowest BCUT2D eigenvalue weighted by Crippen LogP contribution is -2.45. The Kier molecular flexibility index (Phi) is 7.14. The fourth-order valence-electron chi connectivity index (χ4n) is 3.54. The third-order valence-electron chi connectivity index (χ3n) is 5.12. The molecular weight excluding hydrogens is 382 g/mol. The maximum Gasteiger partial charge on any atom is 0.191 e. The number of nitrogens with zero attached hydrogens (tertiary/aromatic N) is 3. The van der Waals surface area contributed by atoms with Crippen molar-refractivity contribution in [2.45, 2.75) is 51.9 Å². The molecule has 1 fully saturated rings. The zero-order valence-corrected chi connectivity index (χ0v) is 18.9. The number of hydrogen-bond donors (Lipinski definition) is 2. The van der Waals surface area contributed by atoms with E-state index in [0.717, 1.165) is 37.0 Å². The van der Waals surface area contributed by atoms with Crippen LogP contribution < -0.4 is 15.5 Å². The first-order valence-corrected chi connectivity index (χ1v) is 11.1. The van der Waals surface area contributed by atoms with Gasteiger partial charge in [0.25, 0.3) is 0 Å². The van der Waals surface area contributed by atoms with Crippen LogP contribution in [0.4, 0.5) is 5.82 Å². The van der Waals surface area contributed by atoms with E-state index in [0.29, 0.717) is 6.54 Å². The first kappa shape index (κ1) is 21.6. The third-order valence-corrected chi connectivity index (χ3v) is 6.36. The summed E-state index contributed by atoms with van der Waals surface area (Å²) in [5.41, 5.74) is 1.19. The third kappa shape index (κ3) is 5.93. The van der Waals surface area contributed by atoms with Crippen molar-refractivity contribution in [2.24, 2.45) is 4.99 Å². The SMILES string of the molecule is CN=C(NCc1ccc(N2CC(C)OC(C)C2)nc1)NCC(C)(C)c1cccs1. The van der Waals surface area contributed by atoms with Crippen LogP contribution in [0.1, 0.15) is 38.1 Å². The number of aromatic nitrogens is 1. The quantitative estimate of drug-likeness (QED) is 0.559. The maximum absolute atomic E-state index is 5.81. The molecule has 0 aliphatic carbocycles. The van der Waals surface area contributed by atoms with Gasteiger partial charge in [-0.15, -0.1) is 11.3 Å². The standard InChI is InChI=1S/C22H33N5OS/c1-16-13-27(14-17(2)28-16)20-9-8-18(11-24-20)12-25-21(23-5)26-15-22(3,4)19-7-6-10-29-19/h6-11,16-17H,12-15H2,1-5H3,(H2,23,25,26).